The van der Waals surface area contributed by atoms with Gasteiger partial charge in [0.1, 0.15) is 4.21 Å². The summed E-state index contributed by atoms with van der Waals surface area (Å²) in [6.07, 6.45) is 3.16. The summed E-state index contributed by atoms with van der Waals surface area (Å²) in [7, 11) is -3.33. The highest BCUT2D eigenvalue weighted by molar-refractivity contribution is 7.91. The van der Waals surface area contributed by atoms with Crippen molar-refractivity contribution in [1.82, 2.24) is 9.62 Å². The van der Waals surface area contributed by atoms with Gasteiger partial charge in [-0.1, -0.05) is 13.8 Å². The van der Waals surface area contributed by atoms with Crippen molar-refractivity contribution in [3.63, 3.8) is 0 Å². The minimum Gasteiger partial charge on any atom is -0.312 e. The number of hydrogen-bond donors (Lipinski definition) is 1. The van der Waals surface area contributed by atoms with Crippen LogP contribution in [0.3, 0.4) is 0 Å². The fourth-order valence-corrected chi connectivity index (χ4v) is 5.95. The average molecular weight is 331 g/mol. The van der Waals surface area contributed by atoms with Crippen LogP contribution in [-0.4, -0.2) is 31.9 Å². The van der Waals surface area contributed by atoms with Gasteiger partial charge in [0.05, 0.1) is 0 Å². The molecule has 0 saturated carbocycles. The lowest BCUT2D eigenvalue weighted by Gasteiger charge is -2.36. The van der Waals surface area contributed by atoms with Crippen molar-refractivity contribution in [3.8, 4) is 0 Å². The van der Waals surface area contributed by atoms with Gasteiger partial charge in [0, 0.05) is 24.0 Å². The zero-order chi connectivity index (χ0) is 15.5. The van der Waals surface area contributed by atoms with E-state index >= 15 is 0 Å². The molecule has 1 saturated heterocycles. The van der Waals surface area contributed by atoms with Crippen molar-refractivity contribution in [2.45, 2.75) is 56.8 Å². The first-order chi connectivity index (χ1) is 9.96. The van der Waals surface area contributed by atoms with E-state index in [0.29, 0.717) is 16.7 Å². The Bertz CT molecular complexity index is 554. The number of nitrogens with one attached hydrogen (secondary N) is 1. The lowest BCUT2D eigenvalue weighted by molar-refractivity contribution is 0.202. The van der Waals surface area contributed by atoms with Gasteiger partial charge in [-0.25, -0.2) is 8.42 Å². The predicted octanol–water partition coefficient (Wildman–Crippen LogP) is 3.06. The fourth-order valence-electron chi connectivity index (χ4n) is 2.73. The predicted molar refractivity (Wildman–Crippen MR) is 88.1 cm³/mol. The van der Waals surface area contributed by atoms with Crippen LogP contribution < -0.4 is 5.32 Å². The highest BCUT2D eigenvalue weighted by Gasteiger charge is 2.35. The van der Waals surface area contributed by atoms with Crippen LogP contribution in [0.4, 0.5) is 0 Å². The van der Waals surface area contributed by atoms with Crippen molar-refractivity contribution >= 4 is 21.4 Å². The zero-order valence-corrected chi connectivity index (χ0v) is 14.8. The van der Waals surface area contributed by atoms with E-state index in [4.69, 9.17) is 0 Å². The van der Waals surface area contributed by atoms with E-state index in [-0.39, 0.29) is 6.04 Å². The zero-order valence-electron chi connectivity index (χ0n) is 13.1. The lowest BCUT2D eigenvalue weighted by Crippen LogP contribution is -2.45. The van der Waals surface area contributed by atoms with Crippen LogP contribution >= 0.6 is 11.3 Å². The maximum Gasteiger partial charge on any atom is 0.252 e. The number of sulfonamides is 1. The number of nitrogens with zero attached hydrogens (tertiary/aromatic N) is 1. The Hall–Kier alpha value is -0.430. The molecular formula is C15H26N2O2S2. The second-order valence-corrected chi connectivity index (χ2v) is 9.16. The molecule has 0 spiro atoms. The molecule has 2 unspecified atom stereocenters. The second kappa shape index (κ2) is 7.22. The summed E-state index contributed by atoms with van der Waals surface area (Å²) in [6, 6.07) is 3.78. The van der Waals surface area contributed by atoms with Crippen LogP contribution in [0.2, 0.25) is 0 Å². The van der Waals surface area contributed by atoms with Crippen LogP contribution in [0.25, 0.3) is 0 Å². The van der Waals surface area contributed by atoms with Gasteiger partial charge in [-0.15, -0.1) is 11.3 Å². The smallest absolute Gasteiger partial charge is 0.252 e. The number of rotatable bonds is 6. The van der Waals surface area contributed by atoms with Crippen LogP contribution in [0.5, 0.6) is 0 Å². The summed E-state index contributed by atoms with van der Waals surface area (Å²) in [4.78, 5) is 1.08. The van der Waals surface area contributed by atoms with E-state index in [1.807, 2.05) is 13.0 Å². The normalized spacial score (nSPS) is 24.3. The Morgan fingerprint density at radius 2 is 2.14 bits per heavy atom. The summed E-state index contributed by atoms with van der Waals surface area (Å²) < 4.78 is 27.8. The molecule has 4 nitrogen and oxygen atoms in total. The van der Waals surface area contributed by atoms with Gasteiger partial charge in [0.15, 0.2) is 0 Å². The molecule has 1 aromatic heterocycles. The first-order valence-corrected chi connectivity index (χ1v) is 10.0. The van der Waals surface area contributed by atoms with Gasteiger partial charge >= 0.3 is 0 Å². The lowest BCUT2D eigenvalue weighted by atomic mass is 9.94. The highest BCUT2D eigenvalue weighted by Crippen LogP contribution is 2.31. The molecule has 1 aliphatic heterocycles. The Kier molecular flexibility index (Phi) is 5.82. The SMILES string of the molecule is CCCNCc1ccc(S(=O)(=O)N2CCCC(C)C2C)s1. The third kappa shape index (κ3) is 3.86. The molecule has 21 heavy (non-hydrogen) atoms. The van der Waals surface area contributed by atoms with Gasteiger partial charge in [-0.05, 0) is 50.8 Å². The molecular weight excluding hydrogens is 304 g/mol. The topological polar surface area (TPSA) is 49.4 Å². The standard InChI is InChI=1S/C15H26N2O2S2/c1-4-9-16-11-14-7-8-15(20-14)21(18,19)17-10-5-6-12(2)13(17)3/h7-8,12-13,16H,4-6,9-11H2,1-3H3. The maximum absolute atomic E-state index is 12.8. The molecule has 1 aliphatic rings. The van der Waals surface area contributed by atoms with E-state index in [1.54, 1.807) is 10.4 Å². The first-order valence-electron chi connectivity index (χ1n) is 7.78. The monoisotopic (exact) mass is 330 g/mol. The van der Waals surface area contributed by atoms with Gasteiger partial charge in [0.25, 0.3) is 10.0 Å². The van der Waals surface area contributed by atoms with E-state index in [2.05, 4.69) is 19.2 Å². The van der Waals surface area contributed by atoms with Crippen LogP contribution in [0, 0.1) is 5.92 Å². The quantitative estimate of drug-likeness (QED) is 0.816. The van der Waals surface area contributed by atoms with E-state index < -0.39 is 10.0 Å². The average Bonchev–Trinajstić information content (AvgIpc) is 2.91. The Morgan fingerprint density at radius 3 is 2.86 bits per heavy atom. The number of piperidine rings is 1. The van der Waals surface area contributed by atoms with Crippen LogP contribution in [0.15, 0.2) is 16.3 Å². The van der Waals surface area contributed by atoms with Gasteiger partial charge < -0.3 is 5.32 Å². The van der Waals surface area contributed by atoms with Gasteiger partial charge in [-0.3, -0.25) is 0 Å². The molecule has 0 aliphatic carbocycles. The van der Waals surface area contributed by atoms with Crippen molar-refractivity contribution in [2.24, 2.45) is 5.92 Å². The fraction of sp³-hybridized carbons (Fsp3) is 0.733. The molecule has 2 rings (SSSR count). The molecule has 0 bridgehead atoms. The third-order valence-corrected chi connectivity index (χ3v) is 7.78. The molecule has 0 radical (unpaired) electrons. The Labute approximate surface area is 132 Å². The van der Waals surface area contributed by atoms with Crippen LogP contribution in [-0.2, 0) is 16.6 Å². The highest BCUT2D eigenvalue weighted by atomic mass is 32.2. The summed E-state index contributed by atoms with van der Waals surface area (Å²) in [5.74, 6) is 0.430. The summed E-state index contributed by atoms with van der Waals surface area (Å²) >= 11 is 1.40. The first kappa shape index (κ1) is 16.9. The molecule has 0 aromatic carbocycles. The van der Waals surface area contributed by atoms with Crippen molar-refractivity contribution in [1.29, 1.82) is 0 Å². The van der Waals surface area contributed by atoms with Crippen LogP contribution in [0.1, 0.15) is 44.9 Å². The molecule has 6 heteroatoms. The second-order valence-electron chi connectivity index (χ2n) is 5.87. The van der Waals surface area contributed by atoms with Crippen molar-refractivity contribution in [3.05, 3.63) is 17.0 Å². The summed E-state index contributed by atoms with van der Waals surface area (Å²) in [5.41, 5.74) is 0. The Morgan fingerprint density at radius 1 is 1.38 bits per heavy atom. The molecule has 2 atom stereocenters. The van der Waals surface area contributed by atoms with Crippen molar-refractivity contribution < 1.29 is 8.42 Å². The maximum atomic E-state index is 12.8. The minimum atomic E-state index is -3.33. The summed E-state index contributed by atoms with van der Waals surface area (Å²) in [6.45, 7) is 8.64. The van der Waals surface area contributed by atoms with E-state index in [1.165, 1.54) is 11.3 Å². The largest absolute Gasteiger partial charge is 0.312 e. The molecule has 120 valence electrons. The molecule has 0 amide bonds. The van der Waals surface area contributed by atoms with Gasteiger partial charge in [0.2, 0.25) is 0 Å². The molecule has 1 N–H and O–H groups in total. The van der Waals surface area contributed by atoms with Gasteiger partial charge in [-0.2, -0.15) is 4.31 Å². The molecule has 1 fully saturated rings. The number of thiophene rings is 1. The van der Waals surface area contributed by atoms with E-state index in [9.17, 15) is 8.42 Å². The van der Waals surface area contributed by atoms with E-state index in [0.717, 1.165) is 37.2 Å². The minimum absolute atomic E-state index is 0.0903. The summed E-state index contributed by atoms with van der Waals surface area (Å²) in [5, 5.41) is 3.31. The number of hydrogen-bond acceptors (Lipinski definition) is 4. The Balaban J connectivity index is 2.12. The molecule has 1 aromatic rings. The van der Waals surface area contributed by atoms with Crippen molar-refractivity contribution in [2.75, 3.05) is 13.1 Å². The molecule has 2 heterocycles. The third-order valence-electron chi connectivity index (χ3n) is 4.24.